The van der Waals surface area contributed by atoms with E-state index in [1.54, 1.807) is 24.3 Å². The lowest BCUT2D eigenvalue weighted by Gasteiger charge is -2.15. The fourth-order valence-electron chi connectivity index (χ4n) is 2.79. The molecule has 34 heavy (non-hydrogen) atoms. The van der Waals surface area contributed by atoms with E-state index in [9.17, 15) is 14.4 Å². The number of aromatic hydroxyl groups is 1. The number of phenols is 1. The molecule has 0 fully saturated rings. The van der Waals surface area contributed by atoms with Crippen LogP contribution in [0.3, 0.4) is 0 Å². The first kappa shape index (κ1) is 28.4. The highest BCUT2D eigenvalue weighted by atomic mass is 16.5. The van der Waals surface area contributed by atoms with E-state index >= 15 is 0 Å². The maximum Gasteiger partial charge on any atom is 0.419 e. The summed E-state index contributed by atoms with van der Waals surface area (Å²) in [6.07, 6.45) is 7.63. The summed E-state index contributed by atoms with van der Waals surface area (Å²) < 4.78 is 14.9. The summed E-state index contributed by atoms with van der Waals surface area (Å²) in [6, 6.07) is 10.2. The zero-order chi connectivity index (χ0) is 25.3. The van der Waals surface area contributed by atoms with Gasteiger partial charge in [-0.3, -0.25) is 14.6 Å². The Kier molecular flexibility index (Phi) is 13.4. The van der Waals surface area contributed by atoms with Crippen LogP contribution in [-0.2, 0) is 9.53 Å². The average Bonchev–Trinajstić information content (AvgIpc) is 2.84. The molecule has 3 aromatic rings. The lowest BCUT2D eigenvalue weighted by atomic mass is 10.1. The second-order valence-electron chi connectivity index (χ2n) is 7.24. The van der Waals surface area contributed by atoms with E-state index in [-0.39, 0.29) is 23.2 Å². The summed E-state index contributed by atoms with van der Waals surface area (Å²) in [5.74, 6) is -0.266. The maximum absolute atomic E-state index is 11.2. The van der Waals surface area contributed by atoms with E-state index in [0.717, 1.165) is 12.8 Å². The van der Waals surface area contributed by atoms with Crippen molar-refractivity contribution in [2.24, 2.45) is 0 Å². The zero-order valence-electron chi connectivity index (χ0n) is 20.2. The highest BCUT2D eigenvalue weighted by Gasteiger charge is 2.10. The number of carbonyl (C=O) groups is 1. The van der Waals surface area contributed by atoms with Gasteiger partial charge in [0, 0.05) is 18.7 Å². The topological polar surface area (TPSA) is 132 Å². The number of carbonyl (C=O) groups excluding carboxylic acids is 1. The fraction of sp³-hybridized carbons (Fsp3) is 0.440. The van der Waals surface area contributed by atoms with Gasteiger partial charge in [0.05, 0.1) is 7.11 Å². The number of nitrogens with zero attached hydrogens (tertiary/aromatic N) is 1. The monoisotopic (exact) mass is 474 g/mol. The van der Waals surface area contributed by atoms with Gasteiger partial charge < -0.3 is 19.0 Å². The van der Waals surface area contributed by atoms with Crippen LogP contribution in [0.15, 0.2) is 56.6 Å². The number of ether oxygens (including phenoxy) is 2. The van der Waals surface area contributed by atoms with Crippen LogP contribution in [0.4, 0.5) is 0 Å². The van der Waals surface area contributed by atoms with Crippen LogP contribution >= 0.6 is 0 Å². The largest absolute Gasteiger partial charge is 0.508 e. The molecule has 2 N–H and O–H groups in total. The molecule has 1 atom stereocenters. The molecule has 0 aliphatic carbocycles. The molecule has 0 saturated carbocycles. The Hall–Kier alpha value is -3.62. The Morgan fingerprint density at radius 2 is 1.82 bits per heavy atom. The Labute approximate surface area is 198 Å². The van der Waals surface area contributed by atoms with Gasteiger partial charge in [0.15, 0.2) is 11.3 Å². The molecule has 0 aliphatic rings. The third-order valence-corrected chi connectivity index (χ3v) is 4.64. The van der Waals surface area contributed by atoms with E-state index in [1.807, 2.05) is 18.0 Å². The van der Waals surface area contributed by atoms with Gasteiger partial charge in [-0.1, -0.05) is 51.8 Å². The van der Waals surface area contributed by atoms with Crippen molar-refractivity contribution in [3.05, 3.63) is 63.5 Å². The molecule has 3 rings (SSSR count). The fourth-order valence-corrected chi connectivity index (χ4v) is 2.79. The van der Waals surface area contributed by atoms with Gasteiger partial charge in [-0.05, 0) is 31.4 Å². The van der Waals surface area contributed by atoms with Crippen LogP contribution in [0.1, 0.15) is 59.3 Å². The van der Waals surface area contributed by atoms with E-state index < -0.39 is 11.3 Å². The number of hydrogen-bond acceptors (Lipinski definition) is 8. The molecule has 186 valence electrons. The molecule has 0 amide bonds. The molecular weight excluding hydrogens is 440 g/mol. The molecule has 0 saturated heterocycles. The number of H-pyrrole nitrogens is 1. The number of rotatable bonds is 8. The van der Waals surface area contributed by atoms with Crippen molar-refractivity contribution in [1.82, 2.24) is 9.97 Å². The van der Waals surface area contributed by atoms with Gasteiger partial charge in [-0.25, -0.2) is 9.78 Å². The molecule has 0 aliphatic heterocycles. The first-order valence-corrected chi connectivity index (χ1v) is 11.4. The van der Waals surface area contributed by atoms with Crippen molar-refractivity contribution >= 4 is 17.1 Å². The number of unbranched alkanes of at least 4 members (excludes halogenated alkanes) is 2. The van der Waals surface area contributed by atoms with E-state index in [4.69, 9.17) is 19.0 Å². The molecule has 9 heteroatoms. The van der Waals surface area contributed by atoms with Crippen molar-refractivity contribution in [2.45, 2.75) is 65.4 Å². The van der Waals surface area contributed by atoms with Crippen molar-refractivity contribution in [3.8, 4) is 11.5 Å². The SMILES string of the molecule is CCCCCC(CC)OC(=O)CC.COc1ccnc2c(=O)[nH]c(=O)oc12.Oc1ccccc1. The predicted molar refractivity (Wildman–Crippen MR) is 130 cm³/mol. The highest BCUT2D eigenvalue weighted by molar-refractivity contribution is 5.76. The third kappa shape index (κ3) is 10.3. The number of pyridine rings is 1. The number of para-hydroxylation sites is 1. The van der Waals surface area contributed by atoms with Gasteiger partial charge in [0.25, 0.3) is 5.56 Å². The van der Waals surface area contributed by atoms with Crippen LogP contribution in [-0.4, -0.2) is 34.3 Å². The first-order chi connectivity index (χ1) is 16.4. The normalized spacial score (nSPS) is 10.8. The Morgan fingerprint density at radius 1 is 1.12 bits per heavy atom. The van der Waals surface area contributed by atoms with Crippen LogP contribution in [0, 0.1) is 0 Å². The molecule has 2 heterocycles. The standard InChI is InChI=1S/C11H22O2.C8H6N2O4.C6H6O/c1-4-7-8-9-10(5-2)13-11(12)6-3;1-13-4-2-3-9-5-6(4)14-8(12)10-7(5)11;7-6-4-2-1-3-5-6/h10H,4-9H2,1-3H3;2-3H,1H3,(H,10,11,12);1-5,7H. The minimum Gasteiger partial charge on any atom is -0.508 e. The van der Waals surface area contributed by atoms with Crippen molar-refractivity contribution in [3.63, 3.8) is 0 Å². The van der Waals surface area contributed by atoms with Gasteiger partial charge in [-0.15, -0.1) is 0 Å². The summed E-state index contributed by atoms with van der Waals surface area (Å²) in [5, 5.41) is 8.63. The molecule has 9 nitrogen and oxygen atoms in total. The lowest BCUT2D eigenvalue weighted by molar-refractivity contribution is -0.149. The Balaban J connectivity index is 0.000000269. The second-order valence-corrected chi connectivity index (χ2v) is 7.24. The van der Waals surface area contributed by atoms with E-state index in [2.05, 4.69) is 18.8 Å². The predicted octanol–water partition coefficient (Wildman–Crippen LogP) is 4.58. The van der Waals surface area contributed by atoms with Crippen LogP contribution in [0.25, 0.3) is 11.1 Å². The van der Waals surface area contributed by atoms with Crippen LogP contribution in [0.5, 0.6) is 11.5 Å². The minimum absolute atomic E-state index is 0.0453. The van der Waals surface area contributed by atoms with E-state index in [0.29, 0.717) is 17.9 Å². The zero-order valence-corrected chi connectivity index (χ0v) is 20.2. The van der Waals surface area contributed by atoms with E-state index in [1.165, 1.54) is 38.6 Å². The minimum atomic E-state index is -0.825. The average molecular weight is 475 g/mol. The molecule has 0 bridgehead atoms. The summed E-state index contributed by atoms with van der Waals surface area (Å²) in [7, 11) is 1.41. The molecule has 0 radical (unpaired) electrons. The smallest absolute Gasteiger partial charge is 0.419 e. The highest BCUT2D eigenvalue weighted by Crippen LogP contribution is 2.18. The number of hydrogen-bond donors (Lipinski definition) is 2. The maximum atomic E-state index is 11.2. The third-order valence-electron chi connectivity index (χ3n) is 4.64. The summed E-state index contributed by atoms with van der Waals surface area (Å²) in [5.41, 5.74) is -0.483. The Morgan fingerprint density at radius 3 is 2.35 bits per heavy atom. The molecule has 1 unspecified atom stereocenters. The van der Waals surface area contributed by atoms with Gasteiger partial charge in [0.2, 0.25) is 5.58 Å². The van der Waals surface area contributed by atoms with Crippen LogP contribution in [0.2, 0.25) is 0 Å². The number of fused-ring (bicyclic) bond motifs is 1. The van der Waals surface area contributed by atoms with Gasteiger partial charge in [-0.2, -0.15) is 0 Å². The number of methoxy groups -OCH3 is 1. The first-order valence-electron chi connectivity index (χ1n) is 11.4. The molecule has 2 aromatic heterocycles. The number of esters is 1. The van der Waals surface area contributed by atoms with Gasteiger partial charge in [0.1, 0.15) is 11.9 Å². The summed E-state index contributed by atoms with van der Waals surface area (Å²) >= 11 is 0. The number of aromatic amines is 1. The Bertz CT molecular complexity index is 1090. The molecule has 1 aromatic carbocycles. The number of phenolic OH excluding ortho intramolecular Hbond substituents is 1. The number of aromatic nitrogens is 2. The summed E-state index contributed by atoms with van der Waals surface area (Å²) in [6.45, 7) is 6.08. The van der Waals surface area contributed by atoms with Crippen molar-refractivity contribution in [1.29, 1.82) is 0 Å². The van der Waals surface area contributed by atoms with Gasteiger partial charge >= 0.3 is 11.7 Å². The molecule has 0 spiro atoms. The second kappa shape index (κ2) is 16.1. The quantitative estimate of drug-likeness (QED) is 0.358. The van der Waals surface area contributed by atoms with Crippen LogP contribution < -0.4 is 16.1 Å². The van der Waals surface area contributed by atoms with Crippen molar-refractivity contribution < 1.29 is 23.8 Å². The number of benzene rings is 1. The van der Waals surface area contributed by atoms with Crippen molar-refractivity contribution in [2.75, 3.05) is 7.11 Å². The molecular formula is C25H34N2O7. The number of nitrogens with one attached hydrogen (secondary N) is 1. The summed E-state index contributed by atoms with van der Waals surface area (Å²) in [4.78, 5) is 38.8. The lowest BCUT2D eigenvalue weighted by Crippen LogP contribution is -2.19.